The molecule has 0 aliphatic rings. The van der Waals surface area contributed by atoms with Crippen LogP contribution in [-0.2, 0) is 16.8 Å². The average molecular weight is 378 g/mol. The maximum Gasteiger partial charge on any atom is 0.225 e. The quantitative estimate of drug-likeness (QED) is 0.504. The molecule has 0 bridgehead atoms. The van der Waals surface area contributed by atoms with Gasteiger partial charge in [-0.05, 0) is 61.4 Å². The van der Waals surface area contributed by atoms with E-state index in [1.54, 1.807) is 18.2 Å². The number of nitrogens with one attached hydrogen (secondary N) is 2. The van der Waals surface area contributed by atoms with Crippen LogP contribution in [0, 0.1) is 11.6 Å². The number of aromatic amines is 1. The van der Waals surface area contributed by atoms with Gasteiger partial charge >= 0.3 is 0 Å². The number of hydrogen-bond acceptors (Lipinski definition) is 1. The van der Waals surface area contributed by atoms with E-state index < -0.39 is 5.54 Å². The molecule has 3 nitrogen and oxygen atoms in total. The Kier molecular flexibility index (Phi) is 4.38. The predicted octanol–water partition coefficient (Wildman–Crippen LogP) is 5.19. The molecule has 5 heteroatoms. The first-order valence-corrected chi connectivity index (χ1v) is 9.09. The topological polar surface area (TPSA) is 44.9 Å². The summed E-state index contributed by atoms with van der Waals surface area (Å²) < 4.78 is 27.0. The van der Waals surface area contributed by atoms with Crippen molar-refractivity contribution in [2.24, 2.45) is 0 Å². The van der Waals surface area contributed by atoms with Crippen LogP contribution in [0.4, 0.5) is 8.78 Å². The highest BCUT2D eigenvalue weighted by molar-refractivity contribution is 6.07. The molecule has 1 heterocycles. The van der Waals surface area contributed by atoms with Crippen molar-refractivity contribution in [3.05, 3.63) is 83.4 Å². The van der Waals surface area contributed by atoms with E-state index in [1.165, 1.54) is 24.3 Å². The third kappa shape index (κ3) is 3.48. The minimum Gasteiger partial charge on any atom is -0.354 e. The third-order valence-electron chi connectivity index (χ3n) is 4.99. The lowest BCUT2D eigenvalue weighted by Crippen LogP contribution is -2.41. The van der Waals surface area contributed by atoms with E-state index in [0.29, 0.717) is 5.56 Å². The fourth-order valence-electron chi connectivity index (χ4n) is 3.56. The molecule has 0 unspecified atom stereocenters. The standard InChI is InChI=1S/C23H20F2N2O/c1-23(2,15-4-3-5-16(24)12-15)27-22(28)11-14-6-8-18-19-13-17(25)7-9-20(19)26-21(18)10-14/h3-10,12-13,26H,11H2,1-2H3,(H,27,28). The second kappa shape index (κ2) is 6.75. The molecule has 3 aromatic carbocycles. The maximum absolute atomic E-state index is 13.5. The first-order valence-electron chi connectivity index (χ1n) is 9.09. The molecular formula is C23H20F2N2O. The van der Waals surface area contributed by atoms with E-state index in [4.69, 9.17) is 0 Å². The number of amides is 1. The molecule has 4 rings (SSSR count). The Hall–Kier alpha value is -3.21. The van der Waals surface area contributed by atoms with Crippen molar-refractivity contribution in [3.63, 3.8) is 0 Å². The second-order valence-corrected chi connectivity index (χ2v) is 7.56. The number of H-pyrrole nitrogens is 1. The number of halogens is 2. The van der Waals surface area contributed by atoms with E-state index in [1.807, 2.05) is 32.0 Å². The number of carbonyl (C=O) groups is 1. The molecular weight excluding hydrogens is 358 g/mol. The zero-order chi connectivity index (χ0) is 19.9. The summed E-state index contributed by atoms with van der Waals surface area (Å²) in [6.45, 7) is 3.68. The van der Waals surface area contributed by atoms with E-state index in [9.17, 15) is 13.6 Å². The molecule has 0 aliphatic heterocycles. The zero-order valence-electron chi connectivity index (χ0n) is 15.6. The highest BCUT2D eigenvalue weighted by Crippen LogP contribution is 2.27. The summed E-state index contributed by atoms with van der Waals surface area (Å²) in [5.41, 5.74) is 2.56. The van der Waals surface area contributed by atoms with E-state index in [0.717, 1.165) is 27.4 Å². The largest absolute Gasteiger partial charge is 0.354 e. The predicted molar refractivity (Wildman–Crippen MR) is 107 cm³/mol. The lowest BCUT2D eigenvalue weighted by atomic mass is 9.93. The second-order valence-electron chi connectivity index (χ2n) is 7.56. The highest BCUT2D eigenvalue weighted by Gasteiger charge is 2.23. The fourth-order valence-corrected chi connectivity index (χ4v) is 3.56. The van der Waals surface area contributed by atoms with Crippen molar-refractivity contribution in [3.8, 4) is 0 Å². The van der Waals surface area contributed by atoms with Crippen LogP contribution in [0.5, 0.6) is 0 Å². The summed E-state index contributed by atoms with van der Waals surface area (Å²) in [6, 6.07) is 16.5. The smallest absolute Gasteiger partial charge is 0.225 e. The van der Waals surface area contributed by atoms with Gasteiger partial charge in [0.25, 0.3) is 0 Å². The summed E-state index contributed by atoms with van der Waals surface area (Å²) in [6.07, 6.45) is 0.193. The van der Waals surface area contributed by atoms with E-state index in [-0.39, 0.29) is 24.0 Å². The minimum atomic E-state index is -0.693. The summed E-state index contributed by atoms with van der Waals surface area (Å²) in [4.78, 5) is 15.8. The van der Waals surface area contributed by atoms with Crippen LogP contribution in [-0.4, -0.2) is 10.9 Å². The lowest BCUT2D eigenvalue weighted by molar-refractivity contribution is -0.122. The first kappa shape index (κ1) is 18.2. The van der Waals surface area contributed by atoms with Gasteiger partial charge in [0.2, 0.25) is 5.91 Å². The van der Waals surface area contributed by atoms with Gasteiger partial charge < -0.3 is 10.3 Å². The van der Waals surface area contributed by atoms with Crippen molar-refractivity contribution in [2.45, 2.75) is 25.8 Å². The average Bonchev–Trinajstić information content (AvgIpc) is 2.98. The number of benzene rings is 3. The van der Waals surface area contributed by atoms with Crippen LogP contribution in [0.15, 0.2) is 60.7 Å². The molecule has 0 radical (unpaired) electrons. The number of aromatic nitrogens is 1. The van der Waals surface area contributed by atoms with E-state index in [2.05, 4.69) is 10.3 Å². The van der Waals surface area contributed by atoms with Gasteiger partial charge in [0.15, 0.2) is 0 Å². The van der Waals surface area contributed by atoms with Crippen LogP contribution in [0.3, 0.4) is 0 Å². The number of fused-ring (bicyclic) bond motifs is 3. The van der Waals surface area contributed by atoms with Crippen LogP contribution in [0.1, 0.15) is 25.0 Å². The molecule has 28 heavy (non-hydrogen) atoms. The van der Waals surface area contributed by atoms with Crippen LogP contribution in [0.25, 0.3) is 21.8 Å². The molecule has 0 saturated heterocycles. The van der Waals surface area contributed by atoms with Crippen molar-refractivity contribution >= 4 is 27.7 Å². The molecule has 1 aromatic heterocycles. The monoisotopic (exact) mass is 378 g/mol. The van der Waals surface area contributed by atoms with Gasteiger partial charge in [0, 0.05) is 21.8 Å². The molecule has 142 valence electrons. The lowest BCUT2D eigenvalue weighted by Gasteiger charge is -2.27. The van der Waals surface area contributed by atoms with Gasteiger partial charge in [-0.3, -0.25) is 4.79 Å². The molecule has 2 N–H and O–H groups in total. The van der Waals surface area contributed by atoms with Crippen LogP contribution in [0.2, 0.25) is 0 Å². The molecule has 0 saturated carbocycles. The Morgan fingerprint density at radius 1 is 0.929 bits per heavy atom. The van der Waals surface area contributed by atoms with Gasteiger partial charge in [0.05, 0.1) is 12.0 Å². The normalized spacial score (nSPS) is 11.9. The Morgan fingerprint density at radius 3 is 2.50 bits per heavy atom. The highest BCUT2D eigenvalue weighted by atomic mass is 19.1. The maximum atomic E-state index is 13.5. The molecule has 0 atom stereocenters. The van der Waals surface area contributed by atoms with Gasteiger partial charge in [0.1, 0.15) is 11.6 Å². The Balaban J connectivity index is 1.55. The summed E-state index contributed by atoms with van der Waals surface area (Å²) in [5.74, 6) is -0.771. The summed E-state index contributed by atoms with van der Waals surface area (Å²) >= 11 is 0. The van der Waals surface area contributed by atoms with Gasteiger partial charge in [-0.2, -0.15) is 0 Å². The third-order valence-corrected chi connectivity index (χ3v) is 4.99. The SMILES string of the molecule is CC(C)(NC(=O)Cc1ccc2c(c1)[nH]c1ccc(F)cc12)c1cccc(F)c1. The van der Waals surface area contributed by atoms with Crippen molar-refractivity contribution in [1.29, 1.82) is 0 Å². The first-order chi connectivity index (χ1) is 13.3. The molecule has 4 aromatic rings. The number of rotatable bonds is 4. The molecule has 1 amide bonds. The number of carbonyl (C=O) groups excluding carboxylic acids is 1. The fraction of sp³-hybridized carbons (Fsp3) is 0.174. The number of hydrogen-bond donors (Lipinski definition) is 2. The summed E-state index contributed by atoms with van der Waals surface area (Å²) in [7, 11) is 0. The van der Waals surface area contributed by atoms with Gasteiger partial charge in [-0.25, -0.2) is 8.78 Å². The van der Waals surface area contributed by atoms with Gasteiger partial charge in [-0.15, -0.1) is 0 Å². The van der Waals surface area contributed by atoms with Gasteiger partial charge in [-0.1, -0.05) is 24.3 Å². The Bertz CT molecular complexity index is 1190. The Morgan fingerprint density at radius 2 is 1.71 bits per heavy atom. The van der Waals surface area contributed by atoms with Crippen LogP contribution < -0.4 is 5.32 Å². The molecule has 0 fully saturated rings. The van der Waals surface area contributed by atoms with Crippen molar-refractivity contribution in [2.75, 3.05) is 0 Å². The van der Waals surface area contributed by atoms with Crippen LogP contribution >= 0.6 is 0 Å². The van der Waals surface area contributed by atoms with E-state index >= 15 is 0 Å². The minimum absolute atomic E-state index is 0.157. The van der Waals surface area contributed by atoms with Crippen molar-refractivity contribution in [1.82, 2.24) is 10.3 Å². The molecule has 0 aliphatic carbocycles. The summed E-state index contributed by atoms with van der Waals surface area (Å²) in [5, 5.41) is 4.70. The van der Waals surface area contributed by atoms with Crippen molar-refractivity contribution < 1.29 is 13.6 Å². The molecule has 0 spiro atoms. The zero-order valence-corrected chi connectivity index (χ0v) is 15.6. The Labute approximate surface area is 161 Å².